The average molecular weight is 561 g/mol. The monoisotopic (exact) mass is 560 g/mol. The van der Waals surface area contributed by atoms with Crippen molar-refractivity contribution >= 4 is 42.3 Å². The van der Waals surface area contributed by atoms with Crippen LogP contribution in [0.15, 0.2) is 101 Å². The van der Waals surface area contributed by atoms with Crippen molar-refractivity contribution in [3.8, 4) is 11.3 Å². The van der Waals surface area contributed by atoms with Crippen molar-refractivity contribution in [2.75, 3.05) is 5.32 Å². The topological polar surface area (TPSA) is 157 Å². The van der Waals surface area contributed by atoms with Crippen LogP contribution >= 0.6 is 0 Å². The zero-order valence-corrected chi connectivity index (χ0v) is 22.4. The number of sulfonamides is 2. The lowest BCUT2D eigenvalue weighted by molar-refractivity contribution is 0.579. The van der Waals surface area contributed by atoms with Crippen LogP contribution in [0.1, 0.15) is 11.3 Å². The number of hydrogen-bond acceptors (Lipinski definition) is 8. The molecule has 0 saturated heterocycles. The molecule has 0 radical (unpaired) electrons. The van der Waals surface area contributed by atoms with Crippen molar-refractivity contribution in [2.45, 2.75) is 23.3 Å². The highest BCUT2D eigenvalue weighted by atomic mass is 32.2. The van der Waals surface area contributed by atoms with Crippen molar-refractivity contribution in [3.63, 3.8) is 0 Å². The number of aromatic nitrogens is 3. The van der Waals surface area contributed by atoms with Crippen molar-refractivity contribution < 1.29 is 16.8 Å². The minimum absolute atomic E-state index is 0.000936. The third-order valence-electron chi connectivity index (χ3n) is 6.05. The standard InChI is InChI=1S/C27H24N6O4S2/c1-18-9-10-19(16-25(18)39(36,37)30-17-21-6-4-5-15-29-21)26-23-7-2-3-8-24(23)27(33-32-26)31-20-11-13-22(14-12-20)38(28,34)35/h2-16,30H,17H2,1H3,(H,31,33)(H2,28,34,35). The number of rotatable bonds is 8. The molecule has 10 nitrogen and oxygen atoms in total. The van der Waals surface area contributed by atoms with E-state index in [0.717, 1.165) is 10.8 Å². The summed E-state index contributed by atoms with van der Waals surface area (Å²) in [6, 6.07) is 23.9. The smallest absolute Gasteiger partial charge is 0.241 e. The first-order valence-electron chi connectivity index (χ1n) is 11.8. The highest BCUT2D eigenvalue weighted by Gasteiger charge is 2.20. The van der Waals surface area contributed by atoms with Crippen molar-refractivity contribution in [3.05, 3.63) is 102 Å². The first kappa shape index (κ1) is 26.4. The second kappa shape index (κ2) is 10.5. The van der Waals surface area contributed by atoms with Crippen LogP contribution in [0.4, 0.5) is 11.5 Å². The van der Waals surface area contributed by atoms with E-state index in [0.29, 0.717) is 34.0 Å². The van der Waals surface area contributed by atoms with Crippen LogP contribution in [0, 0.1) is 6.92 Å². The number of nitrogens with zero attached hydrogens (tertiary/aromatic N) is 3. The first-order valence-corrected chi connectivity index (χ1v) is 14.8. The summed E-state index contributed by atoms with van der Waals surface area (Å²) < 4.78 is 52.1. The molecule has 5 aromatic rings. The quantitative estimate of drug-likeness (QED) is 0.258. The Morgan fingerprint density at radius 2 is 1.54 bits per heavy atom. The molecule has 0 bridgehead atoms. The number of nitrogens with one attached hydrogen (secondary N) is 2. The maximum Gasteiger partial charge on any atom is 0.241 e. The van der Waals surface area contributed by atoms with E-state index in [-0.39, 0.29) is 16.3 Å². The fourth-order valence-electron chi connectivity index (χ4n) is 4.06. The van der Waals surface area contributed by atoms with E-state index >= 15 is 0 Å². The normalized spacial score (nSPS) is 11.9. The van der Waals surface area contributed by atoms with Crippen molar-refractivity contribution in [2.24, 2.45) is 5.14 Å². The number of fused-ring (bicyclic) bond motifs is 1. The molecule has 0 amide bonds. The molecule has 2 heterocycles. The molecule has 0 aliphatic carbocycles. The summed E-state index contributed by atoms with van der Waals surface area (Å²) in [6.07, 6.45) is 1.61. The van der Waals surface area contributed by atoms with Gasteiger partial charge in [0.15, 0.2) is 5.82 Å². The summed E-state index contributed by atoms with van der Waals surface area (Å²) in [6.45, 7) is 1.80. The number of primary sulfonamides is 1. The largest absolute Gasteiger partial charge is 0.338 e. The summed E-state index contributed by atoms with van der Waals surface area (Å²) in [7, 11) is -7.64. The van der Waals surface area contributed by atoms with Gasteiger partial charge in [0.1, 0.15) is 5.69 Å². The van der Waals surface area contributed by atoms with Crippen molar-refractivity contribution in [1.82, 2.24) is 19.9 Å². The molecule has 12 heteroatoms. The molecule has 0 aliphatic rings. The molecule has 0 saturated carbocycles. The third kappa shape index (κ3) is 5.78. The highest BCUT2D eigenvalue weighted by molar-refractivity contribution is 7.89. The van der Waals surface area contributed by atoms with Crippen LogP contribution in [0.3, 0.4) is 0 Å². The van der Waals surface area contributed by atoms with Gasteiger partial charge in [-0.3, -0.25) is 4.98 Å². The lowest BCUT2D eigenvalue weighted by Crippen LogP contribution is -2.24. The van der Waals surface area contributed by atoms with Gasteiger partial charge in [0.05, 0.1) is 22.0 Å². The average Bonchev–Trinajstić information content (AvgIpc) is 2.93. The van der Waals surface area contributed by atoms with Gasteiger partial charge in [0.2, 0.25) is 20.0 Å². The fraction of sp³-hybridized carbons (Fsp3) is 0.0741. The zero-order chi connectivity index (χ0) is 27.6. The molecule has 0 atom stereocenters. The van der Waals surface area contributed by atoms with Gasteiger partial charge in [0, 0.05) is 28.2 Å². The third-order valence-corrected chi connectivity index (χ3v) is 8.53. The van der Waals surface area contributed by atoms with Gasteiger partial charge in [-0.05, 0) is 55.0 Å². The molecule has 0 fully saturated rings. The SMILES string of the molecule is Cc1ccc(-c2nnc(Nc3ccc(S(N)(=O)=O)cc3)c3ccccc23)cc1S(=O)(=O)NCc1ccccn1. The van der Waals surface area contributed by atoms with E-state index in [9.17, 15) is 16.8 Å². The van der Waals surface area contributed by atoms with Crippen LogP contribution in [0.25, 0.3) is 22.0 Å². The van der Waals surface area contributed by atoms with E-state index in [1.54, 1.807) is 55.6 Å². The van der Waals surface area contributed by atoms with E-state index in [4.69, 9.17) is 5.14 Å². The van der Waals surface area contributed by atoms with Gasteiger partial charge in [-0.2, -0.15) is 0 Å². The molecular weight excluding hydrogens is 536 g/mol. The number of hydrogen-bond donors (Lipinski definition) is 3. The van der Waals surface area contributed by atoms with Crippen LogP contribution in [0.5, 0.6) is 0 Å². The molecular formula is C27H24N6O4S2. The summed E-state index contributed by atoms with van der Waals surface area (Å²) in [5, 5.41) is 18.6. The number of benzene rings is 3. The minimum Gasteiger partial charge on any atom is -0.338 e. The molecule has 198 valence electrons. The van der Waals surface area contributed by atoms with E-state index < -0.39 is 20.0 Å². The Labute approximate surface area is 226 Å². The Kier molecular flexibility index (Phi) is 7.10. The summed E-state index contributed by atoms with van der Waals surface area (Å²) in [4.78, 5) is 4.30. The highest BCUT2D eigenvalue weighted by Crippen LogP contribution is 2.33. The second-order valence-electron chi connectivity index (χ2n) is 8.76. The minimum atomic E-state index is -3.84. The predicted molar refractivity (Wildman–Crippen MR) is 149 cm³/mol. The van der Waals surface area contributed by atoms with Gasteiger partial charge < -0.3 is 5.32 Å². The Morgan fingerprint density at radius 1 is 0.821 bits per heavy atom. The molecule has 0 spiro atoms. The molecule has 0 aliphatic heterocycles. The Morgan fingerprint density at radius 3 is 2.23 bits per heavy atom. The van der Waals surface area contributed by atoms with Crippen LogP contribution < -0.4 is 15.2 Å². The predicted octanol–water partition coefficient (Wildman–Crippen LogP) is 3.87. The van der Waals surface area contributed by atoms with Gasteiger partial charge in [-0.25, -0.2) is 26.7 Å². The number of nitrogens with two attached hydrogens (primary N) is 1. The lowest BCUT2D eigenvalue weighted by Gasteiger charge is -2.14. The van der Waals surface area contributed by atoms with Crippen LogP contribution in [-0.2, 0) is 26.6 Å². The van der Waals surface area contributed by atoms with E-state index in [1.165, 1.54) is 12.1 Å². The molecule has 5 rings (SSSR count). The molecule has 39 heavy (non-hydrogen) atoms. The Balaban J connectivity index is 1.49. The van der Waals surface area contributed by atoms with E-state index in [1.807, 2.05) is 30.3 Å². The Bertz CT molecular complexity index is 1880. The second-order valence-corrected chi connectivity index (χ2v) is 12.1. The molecule has 2 aromatic heterocycles. The lowest BCUT2D eigenvalue weighted by atomic mass is 10.0. The van der Waals surface area contributed by atoms with Crippen molar-refractivity contribution in [1.29, 1.82) is 0 Å². The van der Waals surface area contributed by atoms with Gasteiger partial charge in [-0.1, -0.05) is 42.5 Å². The summed E-state index contributed by atoms with van der Waals surface area (Å²) >= 11 is 0. The van der Waals surface area contributed by atoms with Gasteiger partial charge in [0.25, 0.3) is 0 Å². The summed E-state index contributed by atoms with van der Waals surface area (Å²) in [5.74, 6) is 0.453. The first-order chi connectivity index (χ1) is 18.6. The molecule has 3 aromatic carbocycles. The van der Waals surface area contributed by atoms with Crippen LogP contribution in [-0.4, -0.2) is 32.0 Å². The number of anilines is 2. The molecule has 0 unspecified atom stereocenters. The van der Waals surface area contributed by atoms with E-state index in [2.05, 4.69) is 25.2 Å². The van der Waals surface area contributed by atoms with Crippen LogP contribution in [0.2, 0.25) is 0 Å². The summed E-state index contributed by atoms with van der Waals surface area (Å²) in [5.41, 5.74) is 2.89. The maximum atomic E-state index is 13.2. The fourth-order valence-corrected chi connectivity index (χ4v) is 5.84. The van der Waals surface area contributed by atoms with Gasteiger partial charge in [-0.15, -0.1) is 10.2 Å². The van der Waals surface area contributed by atoms with Gasteiger partial charge >= 0.3 is 0 Å². The number of pyridine rings is 1. The maximum absolute atomic E-state index is 13.2. The molecule has 4 N–H and O–H groups in total. The zero-order valence-electron chi connectivity index (χ0n) is 20.7. The number of aryl methyl sites for hydroxylation is 1. The Hall–Kier alpha value is -4.23.